The summed E-state index contributed by atoms with van der Waals surface area (Å²) in [5.74, 6) is -0.328. The Morgan fingerprint density at radius 3 is 2.66 bits per heavy atom. The number of aromatic nitrogens is 2. The first-order chi connectivity index (χ1) is 14.2. The van der Waals surface area contributed by atoms with Crippen LogP contribution in [0.4, 0.5) is 4.39 Å². The number of amides is 1. The second-order valence-electron chi connectivity index (χ2n) is 7.25. The third-order valence-corrected chi connectivity index (χ3v) is 6.15. The number of piperidine rings is 1. The normalized spacial score (nSPS) is 16.4. The van der Waals surface area contributed by atoms with Gasteiger partial charge in [0.05, 0.1) is 17.9 Å². The van der Waals surface area contributed by atoms with E-state index in [4.69, 9.17) is 0 Å². The molecule has 0 spiro atoms. The lowest BCUT2D eigenvalue weighted by molar-refractivity contribution is -0.127. The van der Waals surface area contributed by atoms with E-state index in [1.54, 1.807) is 42.1 Å². The maximum Gasteiger partial charge on any atom is 0.224 e. The van der Waals surface area contributed by atoms with E-state index >= 15 is 0 Å². The zero-order chi connectivity index (χ0) is 20.1. The van der Waals surface area contributed by atoms with Crippen molar-refractivity contribution in [2.75, 3.05) is 13.1 Å². The maximum atomic E-state index is 13.4. The van der Waals surface area contributed by atoms with E-state index in [1.807, 2.05) is 0 Å². The van der Waals surface area contributed by atoms with Gasteiger partial charge in [0.1, 0.15) is 5.82 Å². The Morgan fingerprint density at radius 2 is 2.00 bits per heavy atom. The second-order valence-corrected chi connectivity index (χ2v) is 8.29. The molecule has 2 aromatic heterocycles. The van der Waals surface area contributed by atoms with Gasteiger partial charge in [-0.2, -0.15) is 0 Å². The summed E-state index contributed by atoms with van der Waals surface area (Å²) in [6.45, 7) is 2.76. The van der Waals surface area contributed by atoms with Gasteiger partial charge < -0.3 is 5.32 Å². The Morgan fingerprint density at radius 1 is 1.21 bits per heavy atom. The molecule has 1 N–H and O–H groups in total. The summed E-state index contributed by atoms with van der Waals surface area (Å²) in [6, 6.07) is 9.93. The summed E-state index contributed by atoms with van der Waals surface area (Å²) in [5, 5.41) is 5.21. The lowest BCUT2D eigenvalue weighted by Crippen LogP contribution is -2.41. The van der Waals surface area contributed by atoms with Crippen LogP contribution in [-0.2, 0) is 11.3 Å². The number of benzene rings is 1. The number of rotatable bonds is 6. The van der Waals surface area contributed by atoms with Gasteiger partial charge in [-0.25, -0.2) is 4.39 Å². The second kappa shape index (κ2) is 9.24. The predicted molar refractivity (Wildman–Crippen MR) is 111 cm³/mol. The van der Waals surface area contributed by atoms with E-state index in [2.05, 4.69) is 37.7 Å². The molecule has 5 nitrogen and oxygen atoms in total. The first-order valence-electron chi connectivity index (χ1n) is 9.75. The van der Waals surface area contributed by atoms with Gasteiger partial charge in [-0.15, -0.1) is 11.3 Å². The molecule has 7 heteroatoms. The van der Waals surface area contributed by atoms with E-state index in [-0.39, 0.29) is 17.6 Å². The minimum Gasteiger partial charge on any atom is -0.343 e. The molecule has 150 valence electrons. The molecule has 29 heavy (non-hydrogen) atoms. The third-order valence-electron chi connectivity index (χ3n) is 5.29. The molecule has 1 unspecified atom stereocenters. The van der Waals surface area contributed by atoms with Crippen LogP contribution in [0.25, 0.3) is 0 Å². The van der Waals surface area contributed by atoms with E-state index in [0.29, 0.717) is 5.69 Å². The Bertz CT molecular complexity index is 910. The fraction of sp³-hybridized carbons (Fsp3) is 0.318. The molecular formula is C22H23FN4OS. The molecule has 1 aliphatic rings. The zero-order valence-electron chi connectivity index (χ0n) is 16.0. The largest absolute Gasteiger partial charge is 0.343 e. The van der Waals surface area contributed by atoms with Gasteiger partial charge >= 0.3 is 0 Å². The maximum absolute atomic E-state index is 13.4. The van der Waals surface area contributed by atoms with Gasteiger partial charge in [0, 0.05) is 29.7 Å². The van der Waals surface area contributed by atoms with Crippen LogP contribution in [0.15, 0.2) is 60.4 Å². The van der Waals surface area contributed by atoms with Crippen LogP contribution >= 0.6 is 11.3 Å². The summed E-state index contributed by atoms with van der Waals surface area (Å²) >= 11 is 1.77. The van der Waals surface area contributed by atoms with Gasteiger partial charge in [-0.1, -0.05) is 18.2 Å². The average molecular weight is 411 g/mol. The molecule has 1 fully saturated rings. The van der Waals surface area contributed by atoms with E-state index in [0.717, 1.165) is 38.0 Å². The smallest absolute Gasteiger partial charge is 0.224 e. The Kier molecular flexibility index (Phi) is 6.27. The van der Waals surface area contributed by atoms with Crippen LogP contribution in [0, 0.1) is 11.7 Å². The molecule has 3 heterocycles. The molecule has 1 saturated heterocycles. The third kappa shape index (κ3) is 5.05. The van der Waals surface area contributed by atoms with Crippen molar-refractivity contribution in [3.8, 4) is 0 Å². The molecule has 1 aliphatic heterocycles. The van der Waals surface area contributed by atoms with Crippen molar-refractivity contribution in [1.82, 2.24) is 20.2 Å². The van der Waals surface area contributed by atoms with Crippen molar-refractivity contribution in [2.24, 2.45) is 5.92 Å². The minimum atomic E-state index is -0.444. The predicted octanol–water partition coefficient (Wildman–Crippen LogP) is 3.80. The first kappa shape index (κ1) is 19.7. The van der Waals surface area contributed by atoms with Gasteiger partial charge in [-0.05, 0) is 55.1 Å². The average Bonchev–Trinajstić information content (AvgIpc) is 3.27. The SMILES string of the molecule is O=C(NC(c1ccc(F)cc1)c1cnccn1)C1CCN(Cc2cccs2)CC1. The first-order valence-corrected chi connectivity index (χ1v) is 10.6. The summed E-state index contributed by atoms with van der Waals surface area (Å²) in [4.78, 5) is 25.2. The number of nitrogens with one attached hydrogen (secondary N) is 1. The highest BCUT2D eigenvalue weighted by Crippen LogP contribution is 2.24. The zero-order valence-corrected chi connectivity index (χ0v) is 16.8. The number of halogens is 1. The van der Waals surface area contributed by atoms with Crippen molar-refractivity contribution in [1.29, 1.82) is 0 Å². The molecule has 1 aromatic carbocycles. The lowest BCUT2D eigenvalue weighted by Gasteiger charge is -2.31. The summed E-state index contributed by atoms with van der Waals surface area (Å²) in [7, 11) is 0. The van der Waals surface area contributed by atoms with Crippen molar-refractivity contribution >= 4 is 17.2 Å². The topological polar surface area (TPSA) is 58.1 Å². The van der Waals surface area contributed by atoms with Crippen LogP contribution in [0.5, 0.6) is 0 Å². The molecule has 0 aliphatic carbocycles. The van der Waals surface area contributed by atoms with Gasteiger partial charge in [0.2, 0.25) is 5.91 Å². The highest BCUT2D eigenvalue weighted by molar-refractivity contribution is 7.09. The van der Waals surface area contributed by atoms with Crippen molar-refractivity contribution in [3.63, 3.8) is 0 Å². The number of thiophene rings is 1. The van der Waals surface area contributed by atoms with E-state index in [1.165, 1.54) is 17.0 Å². The van der Waals surface area contributed by atoms with Crippen molar-refractivity contribution in [2.45, 2.75) is 25.4 Å². The Labute approximate surface area is 173 Å². The molecule has 1 atom stereocenters. The highest BCUT2D eigenvalue weighted by atomic mass is 32.1. The van der Waals surface area contributed by atoms with Crippen molar-refractivity contribution in [3.05, 3.63) is 82.3 Å². The fourth-order valence-corrected chi connectivity index (χ4v) is 4.43. The Hall–Kier alpha value is -2.64. The summed E-state index contributed by atoms with van der Waals surface area (Å²) < 4.78 is 13.4. The van der Waals surface area contributed by atoms with E-state index < -0.39 is 6.04 Å². The van der Waals surface area contributed by atoms with Crippen LogP contribution in [-0.4, -0.2) is 33.9 Å². The number of hydrogen-bond acceptors (Lipinski definition) is 5. The minimum absolute atomic E-state index is 0.0146. The number of carbonyl (C=O) groups is 1. The van der Waals surface area contributed by atoms with Crippen molar-refractivity contribution < 1.29 is 9.18 Å². The monoisotopic (exact) mass is 410 g/mol. The number of nitrogens with zero attached hydrogens (tertiary/aromatic N) is 3. The quantitative estimate of drug-likeness (QED) is 0.672. The van der Waals surface area contributed by atoms with Crippen LogP contribution < -0.4 is 5.32 Å². The van der Waals surface area contributed by atoms with Gasteiger partial charge in [-0.3, -0.25) is 19.7 Å². The summed E-state index contributed by atoms with van der Waals surface area (Å²) in [6.07, 6.45) is 6.48. The molecule has 0 radical (unpaired) electrons. The molecule has 1 amide bonds. The fourth-order valence-electron chi connectivity index (χ4n) is 3.68. The number of carbonyl (C=O) groups excluding carboxylic acids is 1. The molecule has 3 aromatic rings. The van der Waals surface area contributed by atoms with E-state index in [9.17, 15) is 9.18 Å². The van der Waals surface area contributed by atoms with Crippen LogP contribution in [0.3, 0.4) is 0 Å². The van der Waals surface area contributed by atoms with Crippen LogP contribution in [0.1, 0.15) is 35.0 Å². The molecule has 0 bridgehead atoms. The molecular weight excluding hydrogens is 387 g/mol. The summed E-state index contributed by atoms with van der Waals surface area (Å²) in [5.41, 5.74) is 1.43. The standard InChI is InChI=1S/C22H23FN4OS/c23-18-5-3-16(4-6-18)21(20-14-24-9-10-25-20)26-22(28)17-7-11-27(12-8-17)15-19-2-1-13-29-19/h1-6,9-10,13-14,17,21H,7-8,11-12,15H2,(H,26,28). The number of likely N-dealkylation sites (tertiary alicyclic amines) is 1. The van der Waals surface area contributed by atoms with Gasteiger partial charge in [0.15, 0.2) is 0 Å². The Balaban J connectivity index is 1.41. The van der Waals surface area contributed by atoms with Gasteiger partial charge in [0.25, 0.3) is 0 Å². The molecule has 0 saturated carbocycles. The van der Waals surface area contributed by atoms with Crippen LogP contribution in [0.2, 0.25) is 0 Å². The highest BCUT2D eigenvalue weighted by Gasteiger charge is 2.28. The molecule has 4 rings (SSSR count). The lowest BCUT2D eigenvalue weighted by atomic mass is 9.94. The number of hydrogen-bond donors (Lipinski definition) is 1.